The summed E-state index contributed by atoms with van der Waals surface area (Å²) in [5.74, 6) is -0.932. The van der Waals surface area contributed by atoms with Crippen LogP contribution < -0.4 is 4.90 Å². The Labute approximate surface area is 245 Å². The van der Waals surface area contributed by atoms with Gasteiger partial charge in [0.1, 0.15) is 16.9 Å². The molecule has 0 saturated heterocycles. The molecule has 0 fully saturated rings. The van der Waals surface area contributed by atoms with Crippen LogP contribution in [0.25, 0.3) is 10.9 Å². The Balaban J connectivity index is 0. The predicted molar refractivity (Wildman–Crippen MR) is 158 cm³/mol. The highest BCUT2D eigenvalue weighted by molar-refractivity contribution is 9.10. The van der Waals surface area contributed by atoms with Crippen molar-refractivity contribution < 1.29 is 27.1 Å². The van der Waals surface area contributed by atoms with Gasteiger partial charge in [0.25, 0.3) is 0 Å². The summed E-state index contributed by atoms with van der Waals surface area (Å²) in [7, 11) is 1.73. The third-order valence-corrected chi connectivity index (χ3v) is 5.71. The van der Waals surface area contributed by atoms with Crippen molar-refractivity contribution in [3.63, 3.8) is 0 Å². The minimum Gasteiger partial charge on any atom is -0.460 e. The fourth-order valence-electron chi connectivity index (χ4n) is 3.49. The van der Waals surface area contributed by atoms with E-state index in [9.17, 15) is 22.4 Å². The van der Waals surface area contributed by atoms with Gasteiger partial charge in [-0.25, -0.2) is 9.37 Å². The minimum atomic E-state index is -4.72. The Morgan fingerprint density at radius 2 is 1.62 bits per heavy atom. The van der Waals surface area contributed by atoms with Gasteiger partial charge in [0, 0.05) is 25.4 Å². The Bertz CT molecular complexity index is 1030. The molecule has 226 valence electrons. The Morgan fingerprint density at radius 1 is 1.13 bits per heavy atom. The van der Waals surface area contributed by atoms with Gasteiger partial charge in [-0.05, 0) is 66.7 Å². The molecule has 0 spiro atoms. The molecule has 1 atom stereocenters. The van der Waals surface area contributed by atoms with Crippen molar-refractivity contribution in [1.82, 2.24) is 9.97 Å². The first-order valence-corrected chi connectivity index (χ1v) is 14.3. The van der Waals surface area contributed by atoms with Crippen molar-refractivity contribution in [2.45, 2.75) is 113 Å². The van der Waals surface area contributed by atoms with Crippen LogP contribution in [0.2, 0.25) is 5.28 Å². The highest BCUT2D eigenvalue weighted by Gasteiger charge is 2.36. The zero-order valence-electron chi connectivity index (χ0n) is 25.3. The van der Waals surface area contributed by atoms with Crippen LogP contribution in [0.1, 0.15) is 101 Å². The van der Waals surface area contributed by atoms with E-state index in [4.69, 9.17) is 16.3 Å². The molecule has 11 heteroatoms. The number of anilines is 1. The molecular formula is C28H45BrClF4N3O2. The molecule has 0 aliphatic carbocycles. The van der Waals surface area contributed by atoms with Crippen LogP contribution in [0.3, 0.4) is 0 Å². The van der Waals surface area contributed by atoms with E-state index in [1.54, 1.807) is 11.9 Å². The Morgan fingerprint density at radius 3 is 1.95 bits per heavy atom. The van der Waals surface area contributed by atoms with Crippen LogP contribution in [0.5, 0.6) is 0 Å². The van der Waals surface area contributed by atoms with Gasteiger partial charge in [0.15, 0.2) is 5.82 Å². The van der Waals surface area contributed by atoms with Gasteiger partial charge in [-0.3, -0.25) is 4.79 Å². The zero-order valence-corrected chi connectivity index (χ0v) is 27.6. The van der Waals surface area contributed by atoms with E-state index in [-0.39, 0.29) is 45.5 Å². The van der Waals surface area contributed by atoms with Gasteiger partial charge in [0.05, 0.1) is 10.0 Å². The minimum absolute atomic E-state index is 0.00946. The number of nitrogens with zero attached hydrogens (tertiary/aromatic N) is 3. The van der Waals surface area contributed by atoms with Gasteiger partial charge in [-0.2, -0.15) is 18.2 Å². The molecule has 1 heterocycles. The zero-order chi connectivity index (χ0) is 31.3. The van der Waals surface area contributed by atoms with Gasteiger partial charge in [0.2, 0.25) is 5.28 Å². The third-order valence-electron chi connectivity index (χ3n) is 4.76. The van der Waals surface area contributed by atoms with E-state index in [0.29, 0.717) is 0 Å². The second kappa shape index (κ2) is 17.9. The largest absolute Gasteiger partial charge is 0.460 e. The summed E-state index contributed by atoms with van der Waals surface area (Å²) in [5, 5.41) is -0.240. The summed E-state index contributed by atoms with van der Waals surface area (Å²) in [4.78, 5) is 19.9. The topological polar surface area (TPSA) is 55.3 Å². The molecule has 1 unspecified atom stereocenters. The highest BCUT2D eigenvalue weighted by atomic mass is 79.9. The maximum Gasteiger partial charge on any atom is 0.417 e. The number of fused-ring (bicyclic) bond motifs is 1. The van der Waals surface area contributed by atoms with E-state index < -0.39 is 22.0 Å². The number of hydrogen-bond acceptors (Lipinski definition) is 5. The predicted octanol–water partition coefficient (Wildman–Crippen LogP) is 10.3. The fourth-order valence-corrected chi connectivity index (χ4v) is 4.19. The summed E-state index contributed by atoms with van der Waals surface area (Å²) in [6.45, 7) is 21.2. The van der Waals surface area contributed by atoms with Crippen LogP contribution in [-0.4, -0.2) is 34.6 Å². The lowest BCUT2D eigenvalue weighted by Gasteiger charge is -2.33. The lowest BCUT2D eigenvalue weighted by atomic mass is 9.97. The quantitative estimate of drug-likeness (QED) is 0.184. The Kier molecular flexibility index (Phi) is 18.1. The molecule has 0 bridgehead atoms. The lowest BCUT2D eigenvalue weighted by Crippen LogP contribution is -2.36. The van der Waals surface area contributed by atoms with E-state index in [0.717, 1.165) is 18.9 Å². The number of carbonyl (C=O) groups excluding carboxylic acids is 1. The van der Waals surface area contributed by atoms with Crippen molar-refractivity contribution >= 4 is 50.2 Å². The molecule has 2 aromatic rings. The number of halogens is 6. The van der Waals surface area contributed by atoms with E-state index in [1.807, 2.05) is 55.4 Å². The molecule has 0 aliphatic heterocycles. The van der Waals surface area contributed by atoms with Crippen molar-refractivity contribution in [2.75, 3.05) is 11.9 Å². The van der Waals surface area contributed by atoms with Crippen LogP contribution in [-0.2, 0) is 15.7 Å². The van der Waals surface area contributed by atoms with Crippen molar-refractivity contribution in [3.8, 4) is 0 Å². The maximum atomic E-state index is 14.6. The second-order valence-corrected chi connectivity index (χ2v) is 11.0. The molecule has 1 aromatic heterocycles. The van der Waals surface area contributed by atoms with Crippen molar-refractivity contribution in [3.05, 3.63) is 27.2 Å². The molecule has 1 aromatic carbocycles. The maximum absolute atomic E-state index is 14.6. The lowest BCUT2D eigenvalue weighted by molar-refractivity contribution is -0.151. The van der Waals surface area contributed by atoms with E-state index in [1.165, 1.54) is 13.3 Å². The molecule has 2 rings (SSSR count). The summed E-state index contributed by atoms with van der Waals surface area (Å²) in [6, 6.07) is 0.878. The van der Waals surface area contributed by atoms with Crippen LogP contribution in [0, 0.1) is 11.7 Å². The van der Waals surface area contributed by atoms with Crippen molar-refractivity contribution in [2.24, 2.45) is 5.92 Å². The number of carbonyl (C=O) groups is 1. The number of ether oxygens (including phenoxy) is 1. The first-order chi connectivity index (χ1) is 17.8. The van der Waals surface area contributed by atoms with Gasteiger partial charge >= 0.3 is 12.1 Å². The first-order valence-electron chi connectivity index (χ1n) is 13.2. The molecule has 0 aliphatic rings. The average Bonchev–Trinajstić information content (AvgIpc) is 2.79. The first kappa shape index (κ1) is 39.5. The number of benzene rings is 1. The molecule has 0 amide bonds. The molecule has 0 N–H and O–H groups in total. The summed E-state index contributed by atoms with van der Waals surface area (Å²) >= 11 is 8.62. The summed E-state index contributed by atoms with van der Waals surface area (Å²) in [5.41, 5.74) is -1.68. The van der Waals surface area contributed by atoms with Crippen molar-refractivity contribution in [1.29, 1.82) is 0 Å². The normalized spacial score (nSPS) is 11.9. The molecule has 39 heavy (non-hydrogen) atoms. The molecular weight excluding hydrogens is 602 g/mol. The molecule has 0 radical (unpaired) electrons. The smallest absolute Gasteiger partial charge is 0.417 e. The number of aromatic nitrogens is 2. The van der Waals surface area contributed by atoms with Crippen LogP contribution >= 0.6 is 27.5 Å². The fraction of sp³-hybridized carbons (Fsp3) is 0.679. The highest BCUT2D eigenvalue weighted by Crippen LogP contribution is 2.41. The van der Waals surface area contributed by atoms with Crippen LogP contribution in [0.15, 0.2) is 10.5 Å². The monoisotopic (exact) mass is 645 g/mol. The average molecular weight is 647 g/mol. The van der Waals surface area contributed by atoms with Gasteiger partial charge < -0.3 is 9.64 Å². The SMILES string of the molecule is CC.CC(=O)OC(C)(C)C.CCC.CCCC(C(C)C)N(C)c1nc(Cl)nc2c(F)c(Br)c(C(F)(F)F)cc12. The van der Waals surface area contributed by atoms with Crippen LogP contribution in [0.4, 0.5) is 23.4 Å². The van der Waals surface area contributed by atoms with Gasteiger partial charge in [-0.1, -0.05) is 61.3 Å². The number of rotatable bonds is 5. The second-order valence-electron chi connectivity index (χ2n) is 9.89. The third kappa shape index (κ3) is 13.5. The number of hydrogen-bond donors (Lipinski definition) is 0. The Hall–Kier alpha value is -1.68. The number of alkyl halides is 3. The standard InChI is InChI=1S/C17H19BrClF4N3.C6H12O2.C3H8.C2H6/c1-5-6-11(8(2)3)26(4)15-9-7-10(17(21,22)23)12(18)13(20)14(9)24-16(19)25-15;1-5(7)8-6(2,3)4;1-3-2;1-2/h7-8,11H,5-6H2,1-4H3;1-4H3;3H2,1-2H3;1-2H3. The van der Waals surface area contributed by atoms with E-state index in [2.05, 4.69) is 39.7 Å². The molecule has 0 saturated carbocycles. The number of esters is 1. The summed E-state index contributed by atoms with van der Waals surface area (Å²) < 4.78 is 58.6. The summed E-state index contributed by atoms with van der Waals surface area (Å²) in [6.07, 6.45) is -1.77. The van der Waals surface area contributed by atoms with Gasteiger partial charge in [-0.15, -0.1) is 0 Å². The van der Waals surface area contributed by atoms with E-state index >= 15 is 0 Å². The molecule has 5 nitrogen and oxygen atoms in total.